The molecule has 1 nitrogen and oxygen atoms in total. The molecule has 0 unspecified atom stereocenters. The fraction of sp³-hybridized carbons (Fsp3) is 0.412. The summed E-state index contributed by atoms with van der Waals surface area (Å²) in [5, 5.41) is 3.53. The van der Waals surface area contributed by atoms with E-state index in [1.54, 1.807) is 0 Å². The lowest BCUT2D eigenvalue weighted by molar-refractivity contribution is 0.641. The van der Waals surface area contributed by atoms with Gasteiger partial charge in [-0.15, -0.1) is 0 Å². The third kappa shape index (κ3) is 3.33. The highest BCUT2D eigenvalue weighted by molar-refractivity contribution is 5.74. The molecule has 1 aromatic carbocycles. The summed E-state index contributed by atoms with van der Waals surface area (Å²) in [7, 11) is 0. The van der Waals surface area contributed by atoms with Gasteiger partial charge in [0.05, 0.1) is 0 Å². The molecule has 0 heterocycles. The second-order valence-electron chi connectivity index (χ2n) is 5.01. The molecule has 2 rings (SSSR count). The summed E-state index contributed by atoms with van der Waals surface area (Å²) in [5.41, 5.74) is 5.68. The molecule has 1 aliphatic rings. The molecule has 0 aliphatic heterocycles. The zero-order valence-electron chi connectivity index (χ0n) is 11.5. The summed E-state index contributed by atoms with van der Waals surface area (Å²) in [6, 6.07) is 8.76. The van der Waals surface area contributed by atoms with E-state index in [9.17, 15) is 0 Å². The van der Waals surface area contributed by atoms with Crippen LogP contribution in [0.4, 0.5) is 0 Å². The highest BCUT2D eigenvalue weighted by atomic mass is 14.8. The van der Waals surface area contributed by atoms with Crippen LogP contribution in [0.1, 0.15) is 44.2 Å². The van der Waals surface area contributed by atoms with Gasteiger partial charge in [-0.25, -0.2) is 0 Å². The number of hydrogen-bond acceptors (Lipinski definition) is 1. The summed E-state index contributed by atoms with van der Waals surface area (Å²) in [6.07, 6.45) is 8.20. The zero-order chi connectivity index (χ0) is 12.8. The smallest absolute Gasteiger partial charge is 0.0211 e. The summed E-state index contributed by atoms with van der Waals surface area (Å²) in [5.74, 6) is 0. The lowest BCUT2D eigenvalue weighted by Gasteiger charge is -2.11. The van der Waals surface area contributed by atoms with Crippen LogP contribution in [0.5, 0.6) is 0 Å². The number of unbranched alkanes of at least 4 members (excludes halogenated alkanes) is 1. The van der Waals surface area contributed by atoms with Crippen molar-refractivity contribution in [1.29, 1.82) is 0 Å². The van der Waals surface area contributed by atoms with Crippen molar-refractivity contribution in [3.05, 3.63) is 53.1 Å². The van der Waals surface area contributed by atoms with E-state index >= 15 is 0 Å². The Labute approximate surface area is 111 Å². The Balaban J connectivity index is 2.04. The minimum atomic E-state index is 0.979. The average Bonchev–Trinajstić information content (AvgIpc) is 2.82. The molecule has 1 heteroatoms. The van der Waals surface area contributed by atoms with E-state index in [0.717, 1.165) is 19.5 Å². The van der Waals surface area contributed by atoms with Crippen LogP contribution in [0.25, 0.3) is 5.57 Å². The quantitative estimate of drug-likeness (QED) is 0.732. The van der Waals surface area contributed by atoms with Crippen molar-refractivity contribution in [3.63, 3.8) is 0 Å². The van der Waals surface area contributed by atoms with Gasteiger partial charge >= 0.3 is 0 Å². The summed E-state index contributed by atoms with van der Waals surface area (Å²) in [4.78, 5) is 0. The Morgan fingerprint density at radius 3 is 2.78 bits per heavy atom. The molecule has 0 saturated carbocycles. The number of benzene rings is 1. The second-order valence-corrected chi connectivity index (χ2v) is 5.01. The topological polar surface area (TPSA) is 12.0 Å². The maximum atomic E-state index is 3.53. The molecule has 0 saturated heterocycles. The highest BCUT2D eigenvalue weighted by Crippen LogP contribution is 2.29. The summed E-state index contributed by atoms with van der Waals surface area (Å²) >= 11 is 0. The van der Waals surface area contributed by atoms with Crippen LogP contribution in [0.3, 0.4) is 0 Å². The van der Waals surface area contributed by atoms with Crippen LogP contribution in [-0.4, -0.2) is 6.54 Å². The van der Waals surface area contributed by atoms with Crippen molar-refractivity contribution >= 4 is 5.57 Å². The maximum Gasteiger partial charge on any atom is 0.0211 e. The van der Waals surface area contributed by atoms with Crippen molar-refractivity contribution in [2.75, 3.05) is 6.54 Å². The fourth-order valence-electron chi connectivity index (χ4n) is 2.36. The first kappa shape index (κ1) is 13.1. The Kier molecular flexibility index (Phi) is 4.77. The van der Waals surface area contributed by atoms with Crippen LogP contribution >= 0.6 is 0 Å². The highest BCUT2D eigenvalue weighted by Gasteiger charge is 2.09. The fourth-order valence-corrected chi connectivity index (χ4v) is 2.36. The van der Waals surface area contributed by atoms with E-state index in [1.807, 2.05) is 0 Å². The first-order valence-electron chi connectivity index (χ1n) is 6.97. The normalized spacial score (nSPS) is 14.6. The largest absolute Gasteiger partial charge is 0.313 e. The van der Waals surface area contributed by atoms with Crippen molar-refractivity contribution in [2.24, 2.45) is 0 Å². The van der Waals surface area contributed by atoms with Gasteiger partial charge in [-0.3, -0.25) is 0 Å². The van der Waals surface area contributed by atoms with Crippen molar-refractivity contribution in [3.8, 4) is 0 Å². The molecule has 96 valence electrons. The van der Waals surface area contributed by atoms with Crippen molar-refractivity contribution < 1.29 is 0 Å². The van der Waals surface area contributed by atoms with E-state index in [1.165, 1.54) is 35.1 Å². The van der Waals surface area contributed by atoms with Gasteiger partial charge in [-0.2, -0.15) is 0 Å². The van der Waals surface area contributed by atoms with Gasteiger partial charge in [-0.1, -0.05) is 55.3 Å². The number of nitrogens with one attached hydrogen (secondary N) is 1. The molecule has 0 aromatic heterocycles. The molecule has 0 radical (unpaired) electrons. The maximum absolute atomic E-state index is 3.53. The van der Waals surface area contributed by atoms with Crippen LogP contribution in [0, 0.1) is 0 Å². The SMILES string of the molecule is CCCCNCc1ccccc1C1=CC(C)=CC1. The van der Waals surface area contributed by atoms with Crippen molar-refractivity contribution in [2.45, 2.75) is 39.7 Å². The molecular weight excluding hydrogens is 218 g/mol. The third-order valence-corrected chi connectivity index (χ3v) is 3.43. The van der Waals surface area contributed by atoms with Crippen molar-refractivity contribution in [1.82, 2.24) is 5.32 Å². The molecule has 1 N–H and O–H groups in total. The molecule has 1 aromatic rings. The number of hydrogen-bond donors (Lipinski definition) is 1. The molecule has 18 heavy (non-hydrogen) atoms. The van der Waals surface area contributed by atoms with Gasteiger partial charge in [-0.05, 0) is 43.0 Å². The van der Waals surface area contributed by atoms with Gasteiger partial charge in [0.25, 0.3) is 0 Å². The molecule has 0 amide bonds. The van der Waals surface area contributed by atoms with Crippen LogP contribution < -0.4 is 5.32 Å². The van der Waals surface area contributed by atoms with Crippen LogP contribution in [-0.2, 0) is 6.54 Å². The van der Waals surface area contributed by atoms with Gasteiger partial charge in [0.1, 0.15) is 0 Å². The van der Waals surface area contributed by atoms with Gasteiger partial charge in [0, 0.05) is 6.54 Å². The predicted octanol–water partition coefficient (Wildman–Crippen LogP) is 4.31. The zero-order valence-corrected chi connectivity index (χ0v) is 11.5. The monoisotopic (exact) mass is 241 g/mol. The minimum Gasteiger partial charge on any atom is -0.313 e. The van der Waals surface area contributed by atoms with E-state index in [2.05, 4.69) is 55.6 Å². The van der Waals surface area contributed by atoms with E-state index in [-0.39, 0.29) is 0 Å². The van der Waals surface area contributed by atoms with Gasteiger partial charge in [0.2, 0.25) is 0 Å². The standard InChI is InChI=1S/C17H23N/c1-3-4-11-18-13-16-7-5-6-8-17(16)15-10-9-14(2)12-15/h5-9,12,18H,3-4,10-11,13H2,1-2H3. The van der Waals surface area contributed by atoms with Crippen LogP contribution in [0.15, 0.2) is 42.0 Å². The summed E-state index contributed by atoms with van der Waals surface area (Å²) in [6.45, 7) is 6.50. The minimum absolute atomic E-state index is 0.979. The molecule has 1 aliphatic carbocycles. The second kappa shape index (κ2) is 6.55. The Morgan fingerprint density at radius 1 is 1.22 bits per heavy atom. The number of rotatable bonds is 6. The molecule has 0 bridgehead atoms. The van der Waals surface area contributed by atoms with E-state index < -0.39 is 0 Å². The lowest BCUT2D eigenvalue weighted by atomic mass is 9.99. The average molecular weight is 241 g/mol. The molecule has 0 atom stereocenters. The van der Waals surface area contributed by atoms with Gasteiger partial charge < -0.3 is 5.32 Å². The molecule has 0 spiro atoms. The Hall–Kier alpha value is -1.34. The van der Waals surface area contributed by atoms with E-state index in [4.69, 9.17) is 0 Å². The lowest BCUT2D eigenvalue weighted by Crippen LogP contribution is -2.15. The van der Waals surface area contributed by atoms with Crippen LogP contribution in [0.2, 0.25) is 0 Å². The first-order valence-corrected chi connectivity index (χ1v) is 6.97. The molecule has 0 fully saturated rings. The first-order chi connectivity index (χ1) is 8.81. The Morgan fingerprint density at radius 2 is 2.06 bits per heavy atom. The predicted molar refractivity (Wildman–Crippen MR) is 79.4 cm³/mol. The Bertz CT molecular complexity index is 454. The molecular formula is C17H23N. The number of allylic oxidation sites excluding steroid dienone is 4. The van der Waals surface area contributed by atoms with E-state index in [0.29, 0.717) is 0 Å². The third-order valence-electron chi connectivity index (χ3n) is 3.43. The van der Waals surface area contributed by atoms with Gasteiger partial charge in [0.15, 0.2) is 0 Å². The summed E-state index contributed by atoms with van der Waals surface area (Å²) < 4.78 is 0.